The van der Waals surface area contributed by atoms with E-state index in [1.807, 2.05) is 13.8 Å². The van der Waals surface area contributed by atoms with Crippen LogP contribution in [0, 0.1) is 19.3 Å². The zero-order valence-electron chi connectivity index (χ0n) is 13.9. The summed E-state index contributed by atoms with van der Waals surface area (Å²) in [5.74, 6) is -1.03. The molecule has 1 N–H and O–H groups in total. The molecule has 0 saturated heterocycles. The first kappa shape index (κ1) is 18.0. The monoisotopic (exact) mass is 308 g/mol. The van der Waals surface area contributed by atoms with E-state index in [1.54, 1.807) is 26.0 Å². The Labute approximate surface area is 131 Å². The first-order valence-corrected chi connectivity index (χ1v) is 7.39. The van der Waals surface area contributed by atoms with E-state index in [0.29, 0.717) is 0 Å². The number of carbonyl (C=O) groups is 2. The van der Waals surface area contributed by atoms with Gasteiger partial charge in [0.2, 0.25) is 0 Å². The van der Waals surface area contributed by atoms with E-state index in [9.17, 15) is 14.7 Å². The van der Waals surface area contributed by atoms with Crippen LogP contribution in [0.15, 0.2) is 12.1 Å². The van der Waals surface area contributed by atoms with Crippen LogP contribution in [0.2, 0.25) is 0 Å². The van der Waals surface area contributed by atoms with Crippen molar-refractivity contribution in [1.82, 2.24) is 0 Å². The molecule has 1 rings (SSSR count). The van der Waals surface area contributed by atoms with Gasteiger partial charge < -0.3 is 14.6 Å². The Morgan fingerprint density at radius 3 is 1.82 bits per heavy atom. The van der Waals surface area contributed by atoms with Gasteiger partial charge in [0.1, 0.15) is 5.75 Å². The Kier molecular flexibility index (Phi) is 5.97. The van der Waals surface area contributed by atoms with Crippen LogP contribution in [0.25, 0.3) is 0 Å². The van der Waals surface area contributed by atoms with Crippen molar-refractivity contribution in [3.63, 3.8) is 0 Å². The minimum absolute atomic E-state index is 0.160. The molecule has 5 heteroatoms. The topological polar surface area (TPSA) is 72.8 Å². The molecule has 0 unspecified atom stereocenters. The molecular formula is C17H24O5. The van der Waals surface area contributed by atoms with E-state index in [2.05, 4.69) is 0 Å². The number of carbonyl (C=O) groups excluding carboxylic acids is 2. The number of benzene rings is 1. The highest BCUT2D eigenvalue weighted by Gasteiger charge is 2.44. The molecule has 0 fully saturated rings. The maximum Gasteiger partial charge on any atom is 0.323 e. The van der Waals surface area contributed by atoms with E-state index in [-0.39, 0.29) is 25.4 Å². The van der Waals surface area contributed by atoms with Crippen LogP contribution in [0.3, 0.4) is 0 Å². The van der Waals surface area contributed by atoms with Crippen LogP contribution < -0.4 is 0 Å². The number of hydrogen-bond acceptors (Lipinski definition) is 5. The minimum Gasteiger partial charge on any atom is -0.508 e. The number of aromatic hydroxyl groups is 1. The Morgan fingerprint density at radius 2 is 1.45 bits per heavy atom. The second-order valence-corrected chi connectivity index (χ2v) is 5.51. The largest absolute Gasteiger partial charge is 0.508 e. The quantitative estimate of drug-likeness (QED) is 0.646. The molecule has 22 heavy (non-hydrogen) atoms. The van der Waals surface area contributed by atoms with E-state index in [1.165, 1.54) is 6.92 Å². The summed E-state index contributed by atoms with van der Waals surface area (Å²) in [5.41, 5.74) is 1.06. The van der Waals surface area contributed by atoms with Gasteiger partial charge in [-0.3, -0.25) is 9.59 Å². The van der Waals surface area contributed by atoms with Crippen LogP contribution in [0.1, 0.15) is 37.5 Å². The van der Waals surface area contributed by atoms with Crippen molar-refractivity contribution in [1.29, 1.82) is 0 Å². The Balaban J connectivity index is 3.24. The van der Waals surface area contributed by atoms with Gasteiger partial charge in [-0.25, -0.2) is 0 Å². The molecule has 0 heterocycles. The molecule has 5 nitrogen and oxygen atoms in total. The second kappa shape index (κ2) is 7.29. The van der Waals surface area contributed by atoms with Gasteiger partial charge in [0, 0.05) is 0 Å². The maximum atomic E-state index is 12.3. The van der Waals surface area contributed by atoms with Crippen LogP contribution in [0.4, 0.5) is 0 Å². The summed E-state index contributed by atoms with van der Waals surface area (Å²) in [6.45, 7) is 8.98. The minimum atomic E-state index is -1.40. The van der Waals surface area contributed by atoms with Crippen molar-refractivity contribution in [2.45, 2.75) is 41.0 Å². The molecule has 1 aromatic carbocycles. The third-order valence-electron chi connectivity index (χ3n) is 3.66. The lowest BCUT2D eigenvalue weighted by Gasteiger charge is -2.26. The average molecular weight is 308 g/mol. The molecular weight excluding hydrogens is 284 g/mol. The van der Waals surface area contributed by atoms with Gasteiger partial charge in [-0.05, 0) is 69.9 Å². The van der Waals surface area contributed by atoms with Crippen LogP contribution >= 0.6 is 0 Å². The van der Waals surface area contributed by atoms with Crippen molar-refractivity contribution in [3.05, 3.63) is 28.8 Å². The fraction of sp³-hybridized carbons (Fsp3) is 0.529. The summed E-state index contributed by atoms with van der Waals surface area (Å²) in [4.78, 5) is 24.6. The Morgan fingerprint density at radius 1 is 1.05 bits per heavy atom. The van der Waals surface area contributed by atoms with Gasteiger partial charge in [0.15, 0.2) is 5.41 Å². The lowest BCUT2D eigenvalue weighted by atomic mass is 9.81. The summed E-state index contributed by atoms with van der Waals surface area (Å²) in [6.07, 6.45) is 0.169. The van der Waals surface area contributed by atoms with Crippen molar-refractivity contribution >= 4 is 11.9 Å². The predicted octanol–water partition coefficient (Wildman–Crippen LogP) is 2.68. The first-order chi connectivity index (χ1) is 10.3. The molecule has 0 aliphatic rings. The predicted molar refractivity (Wildman–Crippen MR) is 82.7 cm³/mol. The molecule has 1 aromatic rings. The Bertz CT molecular complexity index is 521. The third kappa shape index (κ3) is 3.78. The zero-order chi connectivity index (χ0) is 16.9. The summed E-state index contributed by atoms with van der Waals surface area (Å²) in [5, 5.41) is 9.62. The molecule has 0 bridgehead atoms. The highest BCUT2D eigenvalue weighted by Crippen LogP contribution is 2.31. The normalized spacial score (nSPS) is 11.1. The first-order valence-electron chi connectivity index (χ1n) is 7.39. The number of aryl methyl sites for hydroxylation is 2. The zero-order valence-corrected chi connectivity index (χ0v) is 13.9. The summed E-state index contributed by atoms with van der Waals surface area (Å²) in [6, 6.07) is 3.22. The maximum absolute atomic E-state index is 12.3. The standard InChI is InChI=1S/C17H24O5/c1-6-21-15(19)17(5,16(20)22-7-2)10-14-11(3)8-13(18)9-12(14)4/h8-9,18H,6-7,10H2,1-5H3. The molecule has 0 saturated carbocycles. The van der Waals surface area contributed by atoms with E-state index in [0.717, 1.165) is 16.7 Å². The number of ether oxygens (including phenoxy) is 2. The SMILES string of the molecule is CCOC(=O)C(C)(Cc1c(C)cc(O)cc1C)C(=O)OCC. The smallest absolute Gasteiger partial charge is 0.323 e. The fourth-order valence-corrected chi connectivity index (χ4v) is 2.41. The molecule has 0 aliphatic carbocycles. The number of phenolic OH excluding ortho intramolecular Hbond substituents is 1. The molecule has 0 radical (unpaired) electrons. The average Bonchev–Trinajstić information content (AvgIpc) is 2.43. The third-order valence-corrected chi connectivity index (χ3v) is 3.66. The van der Waals surface area contributed by atoms with Crippen molar-refractivity contribution in [2.24, 2.45) is 5.41 Å². The van der Waals surface area contributed by atoms with Gasteiger partial charge in [-0.15, -0.1) is 0 Å². The highest BCUT2D eigenvalue weighted by molar-refractivity contribution is 6.00. The van der Waals surface area contributed by atoms with Crippen LogP contribution in [0.5, 0.6) is 5.75 Å². The summed E-state index contributed by atoms with van der Waals surface area (Å²) in [7, 11) is 0. The molecule has 0 aliphatic heterocycles. The number of phenols is 1. The lowest BCUT2D eigenvalue weighted by Crippen LogP contribution is -2.41. The van der Waals surface area contributed by atoms with E-state index >= 15 is 0 Å². The molecule has 122 valence electrons. The fourth-order valence-electron chi connectivity index (χ4n) is 2.41. The highest BCUT2D eigenvalue weighted by atomic mass is 16.6. The molecule has 0 spiro atoms. The lowest BCUT2D eigenvalue weighted by molar-refractivity contribution is -0.170. The van der Waals surface area contributed by atoms with Gasteiger partial charge in [-0.1, -0.05) is 0 Å². The van der Waals surface area contributed by atoms with Gasteiger partial charge in [0.25, 0.3) is 0 Å². The number of rotatable bonds is 6. The number of hydrogen-bond donors (Lipinski definition) is 1. The second-order valence-electron chi connectivity index (χ2n) is 5.51. The molecule has 0 amide bonds. The number of esters is 2. The van der Waals surface area contributed by atoms with Gasteiger partial charge in [0.05, 0.1) is 13.2 Å². The van der Waals surface area contributed by atoms with E-state index in [4.69, 9.17) is 9.47 Å². The summed E-state index contributed by atoms with van der Waals surface area (Å²) < 4.78 is 10.1. The molecule has 0 aromatic heterocycles. The van der Waals surface area contributed by atoms with Crippen molar-refractivity contribution < 1.29 is 24.2 Å². The van der Waals surface area contributed by atoms with Crippen molar-refractivity contribution in [2.75, 3.05) is 13.2 Å². The summed E-state index contributed by atoms with van der Waals surface area (Å²) >= 11 is 0. The van der Waals surface area contributed by atoms with Crippen molar-refractivity contribution in [3.8, 4) is 5.75 Å². The molecule has 0 atom stereocenters. The van der Waals surface area contributed by atoms with Gasteiger partial charge in [-0.2, -0.15) is 0 Å². The van der Waals surface area contributed by atoms with Gasteiger partial charge >= 0.3 is 11.9 Å². The van der Waals surface area contributed by atoms with Crippen LogP contribution in [-0.2, 0) is 25.5 Å². The van der Waals surface area contributed by atoms with E-state index < -0.39 is 17.4 Å². The van der Waals surface area contributed by atoms with Crippen LogP contribution in [-0.4, -0.2) is 30.3 Å². The Hall–Kier alpha value is -2.04.